The van der Waals surface area contributed by atoms with Crippen LogP contribution in [0.25, 0.3) is 0 Å². The normalized spacial score (nSPS) is 14.4. The molecule has 154 valence electrons. The molecule has 6 heteroatoms. The number of hydrogen-bond donors (Lipinski definition) is 0. The maximum absolute atomic E-state index is 12.6. The van der Waals surface area contributed by atoms with Crippen molar-refractivity contribution >= 4 is 11.8 Å². The standard InChI is InChI=1S/C23H29N3O3/c1-18-8-5-9-19(2)22(18)29-17-6-11-21(27)25-13-7-14-26(16-15-25)23(28)20-10-3-4-12-24-20/h3-5,8-10,12H,6-7,11,13-17H2,1-2H3. The van der Waals surface area contributed by atoms with E-state index in [1.807, 2.05) is 43.0 Å². The SMILES string of the molecule is Cc1cccc(C)c1OCCCC(=O)N1CCCN(C(=O)c2ccccn2)CC1. The molecule has 2 amide bonds. The zero-order valence-corrected chi connectivity index (χ0v) is 17.3. The number of amides is 2. The number of para-hydroxylation sites is 1. The van der Waals surface area contributed by atoms with Crippen molar-refractivity contribution in [1.29, 1.82) is 0 Å². The van der Waals surface area contributed by atoms with Crippen LogP contribution in [-0.2, 0) is 4.79 Å². The van der Waals surface area contributed by atoms with Crippen molar-refractivity contribution in [3.8, 4) is 5.75 Å². The predicted molar refractivity (Wildman–Crippen MR) is 112 cm³/mol. The van der Waals surface area contributed by atoms with Crippen molar-refractivity contribution < 1.29 is 14.3 Å². The summed E-state index contributed by atoms with van der Waals surface area (Å²) in [5, 5.41) is 0. The van der Waals surface area contributed by atoms with Crippen LogP contribution in [0.15, 0.2) is 42.6 Å². The fourth-order valence-electron chi connectivity index (χ4n) is 3.60. The second-order valence-electron chi connectivity index (χ2n) is 7.41. The average molecular weight is 396 g/mol. The van der Waals surface area contributed by atoms with Gasteiger partial charge in [-0.3, -0.25) is 14.6 Å². The van der Waals surface area contributed by atoms with Gasteiger partial charge in [0.15, 0.2) is 0 Å². The Hall–Kier alpha value is -2.89. The zero-order chi connectivity index (χ0) is 20.6. The van der Waals surface area contributed by atoms with Gasteiger partial charge in [0, 0.05) is 38.8 Å². The Morgan fingerprint density at radius 2 is 1.69 bits per heavy atom. The summed E-state index contributed by atoms with van der Waals surface area (Å²) in [5.74, 6) is 0.975. The molecular formula is C23H29N3O3. The monoisotopic (exact) mass is 395 g/mol. The first-order valence-corrected chi connectivity index (χ1v) is 10.2. The number of rotatable bonds is 6. The molecule has 0 aliphatic carbocycles. The molecule has 0 unspecified atom stereocenters. The summed E-state index contributed by atoms with van der Waals surface area (Å²) in [6.07, 6.45) is 3.55. The van der Waals surface area contributed by atoms with Crippen molar-refractivity contribution in [2.45, 2.75) is 33.1 Å². The molecule has 1 fully saturated rings. The fourth-order valence-corrected chi connectivity index (χ4v) is 3.60. The van der Waals surface area contributed by atoms with Gasteiger partial charge >= 0.3 is 0 Å². The van der Waals surface area contributed by atoms with Crippen LogP contribution in [0.4, 0.5) is 0 Å². The van der Waals surface area contributed by atoms with Crippen LogP contribution in [-0.4, -0.2) is 59.4 Å². The summed E-state index contributed by atoms with van der Waals surface area (Å²) in [6.45, 7) is 7.02. The molecule has 0 saturated carbocycles. The van der Waals surface area contributed by atoms with E-state index in [1.165, 1.54) is 0 Å². The van der Waals surface area contributed by atoms with Crippen molar-refractivity contribution in [2.24, 2.45) is 0 Å². The Balaban J connectivity index is 1.44. The van der Waals surface area contributed by atoms with Gasteiger partial charge in [-0.05, 0) is 49.9 Å². The van der Waals surface area contributed by atoms with E-state index in [1.54, 1.807) is 23.2 Å². The maximum atomic E-state index is 12.6. The van der Waals surface area contributed by atoms with E-state index >= 15 is 0 Å². The summed E-state index contributed by atoms with van der Waals surface area (Å²) in [5.41, 5.74) is 2.68. The Morgan fingerprint density at radius 3 is 2.41 bits per heavy atom. The average Bonchev–Trinajstić information content (AvgIpc) is 2.99. The molecule has 3 rings (SSSR count). The highest BCUT2D eigenvalue weighted by molar-refractivity contribution is 5.92. The van der Waals surface area contributed by atoms with Crippen molar-refractivity contribution in [3.05, 3.63) is 59.4 Å². The molecule has 0 radical (unpaired) electrons. The molecule has 0 N–H and O–H groups in total. The number of aryl methyl sites for hydroxylation is 2. The Kier molecular flexibility index (Phi) is 7.22. The third-order valence-corrected chi connectivity index (χ3v) is 5.21. The molecule has 1 aliphatic heterocycles. The third-order valence-electron chi connectivity index (χ3n) is 5.21. The molecule has 0 spiro atoms. The second-order valence-corrected chi connectivity index (χ2v) is 7.41. The predicted octanol–water partition coefficient (Wildman–Crippen LogP) is 3.23. The molecule has 0 bridgehead atoms. The van der Waals surface area contributed by atoms with E-state index in [2.05, 4.69) is 4.98 Å². The summed E-state index contributed by atoms with van der Waals surface area (Å²) < 4.78 is 5.90. The highest BCUT2D eigenvalue weighted by atomic mass is 16.5. The number of nitrogens with zero attached hydrogens (tertiary/aromatic N) is 3. The zero-order valence-electron chi connectivity index (χ0n) is 17.3. The minimum absolute atomic E-state index is 0.0677. The number of hydrogen-bond acceptors (Lipinski definition) is 4. The minimum atomic E-state index is -0.0677. The van der Waals surface area contributed by atoms with E-state index in [0.29, 0.717) is 51.3 Å². The molecule has 2 aromatic rings. The van der Waals surface area contributed by atoms with Crippen LogP contribution in [0.2, 0.25) is 0 Å². The first-order valence-electron chi connectivity index (χ1n) is 10.2. The van der Waals surface area contributed by atoms with E-state index in [0.717, 1.165) is 23.3 Å². The fraction of sp³-hybridized carbons (Fsp3) is 0.435. The van der Waals surface area contributed by atoms with Gasteiger partial charge in [0.1, 0.15) is 11.4 Å². The van der Waals surface area contributed by atoms with E-state index in [4.69, 9.17) is 4.74 Å². The van der Waals surface area contributed by atoms with Crippen LogP contribution in [0.3, 0.4) is 0 Å². The first kappa shape index (κ1) is 20.8. The third kappa shape index (κ3) is 5.56. The van der Waals surface area contributed by atoms with Crippen LogP contribution in [0.1, 0.15) is 40.9 Å². The lowest BCUT2D eigenvalue weighted by Gasteiger charge is -2.22. The molecule has 2 heterocycles. The number of benzene rings is 1. The van der Waals surface area contributed by atoms with E-state index in [9.17, 15) is 9.59 Å². The van der Waals surface area contributed by atoms with Gasteiger partial charge in [-0.15, -0.1) is 0 Å². The largest absolute Gasteiger partial charge is 0.493 e. The van der Waals surface area contributed by atoms with Crippen LogP contribution < -0.4 is 4.74 Å². The number of carbonyl (C=O) groups excluding carboxylic acids is 2. The Bertz CT molecular complexity index is 818. The highest BCUT2D eigenvalue weighted by Gasteiger charge is 2.23. The van der Waals surface area contributed by atoms with Gasteiger partial charge in [0.25, 0.3) is 5.91 Å². The Morgan fingerprint density at radius 1 is 0.966 bits per heavy atom. The van der Waals surface area contributed by atoms with Crippen LogP contribution in [0.5, 0.6) is 5.75 Å². The summed E-state index contributed by atoms with van der Waals surface area (Å²) in [6, 6.07) is 11.4. The maximum Gasteiger partial charge on any atom is 0.272 e. The number of aromatic nitrogens is 1. The van der Waals surface area contributed by atoms with Gasteiger partial charge in [0.2, 0.25) is 5.91 Å². The van der Waals surface area contributed by atoms with E-state index in [-0.39, 0.29) is 11.8 Å². The molecule has 29 heavy (non-hydrogen) atoms. The van der Waals surface area contributed by atoms with Crippen molar-refractivity contribution in [2.75, 3.05) is 32.8 Å². The Labute approximate surface area is 172 Å². The number of pyridine rings is 1. The van der Waals surface area contributed by atoms with Gasteiger partial charge < -0.3 is 14.5 Å². The molecule has 1 aromatic heterocycles. The quantitative estimate of drug-likeness (QED) is 0.705. The molecule has 1 aromatic carbocycles. The van der Waals surface area contributed by atoms with Gasteiger partial charge in [0.05, 0.1) is 6.61 Å². The molecule has 6 nitrogen and oxygen atoms in total. The number of carbonyl (C=O) groups is 2. The molecule has 0 atom stereocenters. The van der Waals surface area contributed by atoms with Crippen molar-refractivity contribution in [3.63, 3.8) is 0 Å². The van der Waals surface area contributed by atoms with Gasteiger partial charge in [-0.2, -0.15) is 0 Å². The molecule has 1 saturated heterocycles. The first-order chi connectivity index (χ1) is 14.1. The lowest BCUT2D eigenvalue weighted by atomic mass is 10.1. The minimum Gasteiger partial charge on any atom is -0.493 e. The molecule has 1 aliphatic rings. The lowest BCUT2D eigenvalue weighted by molar-refractivity contribution is -0.131. The second kappa shape index (κ2) is 10.0. The highest BCUT2D eigenvalue weighted by Crippen LogP contribution is 2.22. The van der Waals surface area contributed by atoms with Crippen molar-refractivity contribution in [1.82, 2.24) is 14.8 Å². The van der Waals surface area contributed by atoms with Gasteiger partial charge in [-0.1, -0.05) is 24.3 Å². The topological polar surface area (TPSA) is 62.7 Å². The molecular weight excluding hydrogens is 366 g/mol. The van der Waals surface area contributed by atoms with Gasteiger partial charge in [-0.25, -0.2) is 0 Å². The summed E-state index contributed by atoms with van der Waals surface area (Å²) in [4.78, 5) is 33.0. The van der Waals surface area contributed by atoms with Crippen LogP contribution >= 0.6 is 0 Å². The summed E-state index contributed by atoms with van der Waals surface area (Å²) in [7, 11) is 0. The van der Waals surface area contributed by atoms with Crippen LogP contribution in [0, 0.1) is 13.8 Å². The lowest BCUT2D eigenvalue weighted by Crippen LogP contribution is -2.37. The van der Waals surface area contributed by atoms with E-state index < -0.39 is 0 Å². The number of ether oxygens (including phenoxy) is 1. The smallest absolute Gasteiger partial charge is 0.272 e. The summed E-state index contributed by atoms with van der Waals surface area (Å²) >= 11 is 0.